The van der Waals surface area contributed by atoms with Gasteiger partial charge in [0, 0.05) is 12.1 Å². The quantitative estimate of drug-likeness (QED) is 0.235. The molecule has 0 bridgehead atoms. The van der Waals surface area contributed by atoms with E-state index in [4.69, 9.17) is 0 Å². The average Bonchev–Trinajstić information content (AvgIpc) is 3.25. The minimum Gasteiger partial charge on any atom is -0.505 e. The van der Waals surface area contributed by atoms with Gasteiger partial charge >= 0.3 is 0 Å². The molecule has 2 aliphatic rings. The lowest BCUT2D eigenvalue weighted by Crippen LogP contribution is -2.39. The van der Waals surface area contributed by atoms with Gasteiger partial charge in [-0.1, -0.05) is 49.8 Å². The number of hydrogen-bond donors (Lipinski definition) is 3. The van der Waals surface area contributed by atoms with Crippen molar-refractivity contribution in [2.24, 2.45) is 23.7 Å². The zero-order valence-electron chi connectivity index (χ0n) is 23.7. The second-order valence-corrected chi connectivity index (χ2v) is 11.3. The Kier molecular flexibility index (Phi) is 8.66. The number of amides is 2. The van der Waals surface area contributed by atoms with Crippen molar-refractivity contribution in [2.75, 3.05) is 11.5 Å². The van der Waals surface area contributed by atoms with Gasteiger partial charge in [0.1, 0.15) is 0 Å². The van der Waals surface area contributed by atoms with Gasteiger partial charge in [0.25, 0.3) is 0 Å². The molecule has 1 fully saturated rings. The van der Waals surface area contributed by atoms with Crippen LogP contribution in [0.15, 0.2) is 84.1 Å². The fourth-order valence-corrected chi connectivity index (χ4v) is 6.36. The number of imide groups is 1. The first-order valence-corrected chi connectivity index (χ1v) is 14.3. The highest BCUT2D eigenvalue weighted by atomic mass is 19.1. The number of aromatic hydroxyl groups is 1. The van der Waals surface area contributed by atoms with Crippen LogP contribution in [0.1, 0.15) is 44.4 Å². The number of pyridine rings is 1. The summed E-state index contributed by atoms with van der Waals surface area (Å²) in [5.74, 6) is -3.88. The zero-order valence-corrected chi connectivity index (χ0v) is 23.7. The van der Waals surface area contributed by atoms with Gasteiger partial charge in [-0.05, 0) is 84.4 Å². The van der Waals surface area contributed by atoms with Crippen molar-refractivity contribution in [1.29, 1.82) is 0 Å². The third-order valence-corrected chi connectivity index (χ3v) is 8.38. The van der Waals surface area contributed by atoms with E-state index in [-0.39, 0.29) is 30.8 Å². The van der Waals surface area contributed by atoms with Crippen molar-refractivity contribution in [2.45, 2.75) is 39.2 Å². The summed E-state index contributed by atoms with van der Waals surface area (Å²) in [7, 11) is 0. The molecular formula is C34H35FN2O5. The number of anilines is 1. The van der Waals surface area contributed by atoms with Gasteiger partial charge in [0.15, 0.2) is 11.6 Å². The number of benzene rings is 2. The van der Waals surface area contributed by atoms with E-state index in [1.807, 2.05) is 32.0 Å². The standard InChI is InChI=1S/C34H35FN2O5/c1-20(2)24-18-25-32(34(42)37(33(25)41)23-8-4-3-5-9-23)26(19-38)31(24)30(40)14-12-22(28-10-6-7-15-36-28)16-21-11-13-29(39)27(35)17-21/h3-11,13,15-17,20,25-26,30,32,38-40H,12,14,18-19H2,1-2H3/b22-16-/t25-,26+,30-,32-/m1/s1. The van der Waals surface area contributed by atoms with E-state index >= 15 is 0 Å². The number of carbonyl (C=O) groups is 2. The Morgan fingerprint density at radius 2 is 1.81 bits per heavy atom. The predicted molar refractivity (Wildman–Crippen MR) is 158 cm³/mol. The second-order valence-electron chi connectivity index (χ2n) is 11.3. The molecule has 1 saturated heterocycles. The fraction of sp³-hybridized carbons (Fsp3) is 0.324. The molecule has 1 aliphatic carbocycles. The summed E-state index contributed by atoms with van der Waals surface area (Å²) in [6.07, 6.45) is 3.40. The lowest BCUT2D eigenvalue weighted by Gasteiger charge is -2.38. The van der Waals surface area contributed by atoms with E-state index in [1.54, 1.807) is 48.7 Å². The number of phenols is 1. The van der Waals surface area contributed by atoms with Gasteiger partial charge in [-0.15, -0.1) is 0 Å². The molecule has 2 aromatic carbocycles. The molecule has 0 radical (unpaired) electrons. The van der Waals surface area contributed by atoms with E-state index in [0.29, 0.717) is 35.4 Å². The minimum atomic E-state index is -0.988. The molecule has 4 atom stereocenters. The number of para-hydroxylation sites is 1. The van der Waals surface area contributed by atoms with Crippen LogP contribution < -0.4 is 4.90 Å². The number of fused-ring (bicyclic) bond motifs is 1. The first-order valence-electron chi connectivity index (χ1n) is 14.3. The molecular weight excluding hydrogens is 535 g/mol. The molecule has 2 heterocycles. The first kappa shape index (κ1) is 29.4. The maximum atomic E-state index is 14.1. The molecule has 1 aliphatic heterocycles. The molecule has 0 spiro atoms. The minimum absolute atomic E-state index is 0.0101. The lowest BCUT2D eigenvalue weighted by atomic mass is 9.66. The van der Waals surface area contributed by atoms with E-state index in [1.165, 1.54) is 17.0 Å². The molecule has 2 amide bonds. The highest BCUT2D eigenvalue weighted by Gasteiger charge is 2.55. The van der Waals surface area contributed by atoms with Crippen LogP contribution in [0, 0.1) is 29.5 Å². The van der Waals surface area contributed by atoms with E-state index in [9.17, 15) is 29.3 Å². The molecule has 1 aromatic heterocycles. The molecule has 7 nitrogen and oxygen atoms in total. The number of carbonyl (C=O) groups excluding carboxylic acids is 2. The normalized spacial score (nSPS) is 21.7. The fourth-order valence-electron chi connectivity index (χ4n) is 6.36. The van der Waals surface area contributed by atoms with Crippen molar-refractivity contribution in [3.63, 3.8) is 0 Å². The molecule has 0 saturated carbocycles. The summed E-state index contributed by atoms with van der Waals surface area (Å²) in [6, 6.07) is 18.4. The van der Waals surface area contributed by atoms with Crippen LogP contribution in [0.2, 0.25) is 0 Å². The van der Waals surface area contributed by atoms with Crippen LogP contribution in [-0.4, -0.2) is 44.8 Å². The van der Waals surface area contributed by atoms with Crippen LogP contribution in [0.25, 0.3) is 11.6 Å². The highest BCUT2D eigenvalue weighted by molar-refractivity contribution is 6.22. The Hall–Kier alpha value is -4.14. The summed E-state index contributed by atoms with van der Waals surface area (Å²) in [4.78, 5) is 32.9. The third kappa shape index (κ3) is 5.65. The number of aliphatic hydroxyl groups is 2. The van der Waals surface area contributed by atoms with Gasteiger partial charge in [-0.2, -0.15) is 0 Å². The number of allylic oxidation sites excluding steroid dienone is 2. The van der Waals surface area contributed by atoms with Crippen LogP contribution >= 0.6 is 0 Å². The van der Waals surface area contributed by atoms with Gasteiger partial charge in [0.05, 0.1) is 35.9 Å². The average molecular weight is 571 g/mol. The number of rotatable bonds is 9. The predicted octanol–water partition coefficient (Wildman–Crippen LogP) is 5.38. The first-order chi connectivity index (χ1) is 20.2. The molecule has 3 N–H and O–H groups in total. The monoisotopic (exact) mass is 570 g/mol. The van der Waals surface area contributed by atoms with E-state index in [0.717, 1.165) is 11.1 Å². The van der Waals surface area contributed by atoms with Crippen LogP contribution in [0.5, 0.6) is 5.75 Å². The van der Waals surface area contributed by atoms with E-state index < -0.39 is 35.4 Å². The lowest BCUT2D eigenvalue weighted by molar-refractivity contribution is -0.123. The number of nitrogens with zero attached hydrogens (tertiary/aromatic N) is 2. The van der Waals surface area contributed by atoms with Gasteiger partial charge in [0.2, 0.25) is 11.8 Å². The Bertz CT molecular complexity index is 1520. The molecule has 5 rings (SSSR count). The Morgan fingerprint density at radius 3 is 2.45 bits per heavy atom. The van der Waals surface area contributed by atoms with Crippen LogP contribution in [0.4, 0.5) is 10.1 Å². The number of aliphatic hydroxyl groups excluding tert-OH is 2. The number of hydrogen-bond acceptors (Lipinski definition) is 6. The van der Waals surface area contributed by atoms with Crippen molar-refractivity contribution >= 4 is 29.2 Å². The second kappa shape index (κ2) is 12.4. The summed E-state index contributed by atoms with van der Waals surface area (Å²) < 4.78 is 14.1. The van der Waals surface area contributed by atoms with Crippen LogP contribution in [0.3, 0.4) is 0 Å². The maximum Gasteiger partial charge on any atom is 0.238 e. The summed E-state index contributed by atoms with van der Waals surface area (Å²) in [6.45, 7) is 3.61. The van der Waals surface area contributed by atoms with Crippen molar-refractivity contribution < 1.29 is 29.3 Å². The Labute approximate surface area is 244 Å². The molecule has 3 aromatic rings. The summed E-state index contributed by atoms with van der Waals surface area (Å²) in [5, 5.41) is 31.9. The zero-order chi connectivity index (χ0) is 30.0. The van der Waals surface area contributed by atoms with Crippen LogP contribution in [-0.2, 0) is 9.59 Å². The maximum absolute atomic E-state index is 14.1. The van der Waals surface area contributed by atoms with Crippen molar-refractivity contribution in [3.8, 4) is 5.75 Å². The van der Waals surface area contributed by atoms with Gasteiger partial charge in [-0.25, -0.2) is 4.39 Å². The topological polar surface area (TPSA) is 111 Å². The Morgan fingerprint density at radius 1 is 1.07 bits per heavy atom. The molecule has 218 valence electrons. The molecule has 8 heteroatoms. The van der Waals surface area contributed by atoms with Gasteiger partial charge < -0.3 is 15.3 Å². The van der Waals surface area contributed by atoms with E-state index in [2.05, 4.69) is 4.98 Å². The van der Waals surface area contributed by atoms with Gasteiger partial charge in [-0.3, -0.25) is 19.5 Å². The summed E-state index contributed by atoms with van der Waals surface area (Å²) >= 11 is 0. The Balaban J connectivity index is 1.46. The number of aromatic nitrogens is 1. The smallest absolute Gasteiger partial charge is 0.238 e. The van der Waals surface area contributed by atoms with Crippen molar-refractivity contribution in [1.82, 2.24) is 4.98 Å². The third-order valence-electron chi connectivity index (χ3n) is 8.38. The highest BCUT2D eigenvalue weighted by Crippen LogP contribution is 2.49. The largest absolute Gasteiger partial charge is 0.505 e. The number of phenolic OH excluding ortho intramolecular Hbond substituents is 1. The SMILES string of the molecule is CC(C)C1=C([C@H](O)CC/C(=C/c2ccc(O)c(F)c2)c2ccccn2)[C@H](CO)[C@@H]2C(=O)N(c3ccccc3)C(=O)[C@@H]2C1. The van der Waals surface area contributed by atoms with Crippen molar-refractivity contribution in [3.05, 3.63) is 101 Å². The molecule has 0 unspecified atom stereocenters. The summed E-state index contributed by atoms with van der Waals surface area (Å²) in [5.41, 5.74) is 3.97. The molecule has 42 heavy (non-hydrogen) atoms. The number of halogens is 1.